The zero-order valence-electron chi connectivity index (χ0n) is 15.0. The molecule has 0 amide bonds. The Hall–Kier alpha value is 2.31. The Kier molecular flexibility index (Phi) is 9.90. The zero-order valence-corrected chi connectivity index (χ0v) is 22.5. The quantitative estimate of drug-likeness (QED) is 0.294. The monoisotopic (exact) mass is 494 g/mol. The van der Waals surface area contributed by atoms with E-state index in [1.807, 2.05) is 55.4 Å². The minimum Gasteiger partial charge on any atom is -0.306 e. The van der Waals surface area contributed by atoms with Crippen molar-refractivity contribution in [1.29, 1.82) is 0 Å². The van der Waals surface area contributed by atoms with Crippen LogP contribution in [0.25, 0.3) is 0 Å². The topological polar surface area (TPSA) is 6.48 Å². The lowest BCUT2D eigenvalue weighted by molar-refractivity contribution is 0.293. The molecule has 0 spiro atoms. The number of nitrogens with zero attached hydrogens (tertiary/aromatic N) is 2. The summed E-state index contributed by atoms with van der Waals surface area (Å²) in [6, 6.07) is 0.412. The maximum absolute atomic E-state index is 7.23. The van der Waals surface area contributed by atoms with E-state index < -0.39 is 18.5 Å². The molecule has 140 valence electrons. The van der Waals surface area contributed by atoms with Gasteiger partial charge in [0.2, 0.25) is 0 Å². The SMILES string of the molecule is CC(C)N(C(C)C)[Si](Cl)(Cl)[Si](Cl)(N(C(C)C)C(C)C)[Si](Cl)(Cl)Cl. The highest BCUT2D eigenvalue weighted by Gasteiger charge is 2.74. The average Bonchev–Trinajstić information content (AvgIpc) is 2.23. The van der Waals surface area contributed by atoms with Crippen LogP contribution in [0, 0.1) is 0 Å². The van der Waals surface area contributed by atoms with Crippen LogP contribution in [-0.4, -0.2) is 51.8 Å². The van der Waals surface area contributed by atoms with Crippen LogP contribution >= 0.6 is 66.5 Å². The molecule has 0 saturated heterocycles. The van der Waals surface area contributed by atoms with Crippen LogP contribution in [0.3, 0.4) is 0 Å². The van der Waals surface area contributed by atoms with Gasteiger partial charge in [0.15, 0.2) is 0 Å². The first-order valence-electron chi connectivity index (χ1n) is 7.73. The van der Waals surface area contributed by atoms with Gasteiger partial charge < -0.3 is 4.57 Å². The second-order valence-corrected chi connectivity index (χ2v) is 40.5. The molecule has 0 N–H and O–H groups in total. The van der Waals surface area contributed by atoms with Gasteiger partial charge in [-0.2, -0.15) is 0 Å². The van der Waals surface area contributed by atoms with E-state index >= 15 is 0 Å². The van der Waals surface area contributed by atoms with Gasteiger partial charge in [-0.25, -0.2) is 0 Å². The van der Waals surface area contributed by atoms with E-state index in [9.17, 15) is 0 Å². The van der Waals surface area contributed by atoms with Crippen molar-refractivity contribution >= 4 is 84.9 Å². The average molecular weight is 497 g/mol. The van der Waals surface area contributed by atoms with Crippen molar-refractivity contribution in [2.45, 2.75) is 79.6 Å². The van der Waals surface area contributed by atoms with Gasteiger partial charge in [0.1, 0.15) is 0 Å². The van der Waals surface area contributed by atoms with Crippen molar-refractivity contribution < 1.29 is 0 Å². The summed E-state index contributed by atoms with van der Waals surface area (Å²) in [5.41, 5.74) is -3.39. The van der Waals surface area contributed by atoms with Gasteiger partial charge in [0.05, 0.1) is 0 Å². The summed E-state index contributed by atoms with van der Waals surface area (Å²) < 4.78 is 4.19. The first-order chi connectivity index (χ1) is 10.0. The second-order valence-electron chi connectivity index (χ2n) is 6.85. The first kappa shape index (κ1) is 25.3. The van der Waals surface area contributed by atoms with Crippen LogP contribution in [0.5, 0.6) is 0 Å². The van der Waals surface area contributed by atoms with E-state index in [1.165, 1.54) is 0 Å². The summed E-state index contributed by atoms with van der Waals surface area (Å²) in [4.78, 5) is 0. The molecule has 0 aliphatic heterocycles. The Labute approximate surface area is 172 Å². The maximum Gasteiger partial charge on any atom is 0.359 e. The van der Waals surface area contributed by atoms with E-state index in [4.69, 9.17) is 66.5 Å². The molecule has 1 unspecified atom stereocenters. The fourth-order valence-corrected chi connectivity index (χ4v) is 55.3. The number of rotatable bonds is 8. The molecule has 0 bridgehead atoms. The van der Waals surface area contributed by atoms with Crippen molar-refractivity contribution in [2.75, 3.05) is 0 Å². The highest BCUT2D eigenvalue weighted by atomic mass is 35.9. The van der Waals surface area contributed by atoms with Gasteiger partial charge >= 0.3 is 18.5 Å². The third-order valence-electron chi connectivity index (χ3n) is 3.68. The second kappa shape index (κ2) is 9.00. The van der Waals surface area contributed by atoms with Crippen LogP contribution in [0.2, 0.25) is 0 Å². The molecule has 0 radical (unpaired) electrons. The Morgan fingerprint density at radius 2 is 0.783 bits per heavy atom. The van der Waals surface area contributed by atoms with E-state index in [1.54, 1.807) is 0 Å². The van der Waals surface area contributed by atoms with Gasteiger partial charge in [-0.3, -0.25) is 4.57 Å². The fraction of sp³-hybridized carbons (Fsp3) is 1.00. The third-order valence-corrected chi connectivity index (χ3v) is 52.8. The van der Waals surface area contributed by atoms with E-state index in [2.05, 4.69) is 9.13 Å². The van der Waals surface area contributed by atoms with Crippen LogP contribution in [0.1, 0.15) is 55.4 Å². The minimum atomic E-state index is -3.39. The zero-order chi connectivity index (χ0) is 19.0. The molecule has 0 rings (SSSR count). The van der Waals surface area contributed by atoms with Crippen molar-refractivity contribution in [1.82, 2.24) is 9.13 Å². The molecule has 0 aromatic rings. The lowest BCUT2D eigenvalue weighted by Gasteiger charge is -2.53. The molecule has 0 aliphatic carbocycles. The van der Waals surface area contributed by atoms with Crippen molar-refractivity contribution in [3.05, 3.63) is 0 Å². The normalized spacial score (nSPS) is 17.2. The summed E-state index contributed by atoms with van der Waals surface area (Å²) in [6.07, 6.45) is -3.26. The summed E-state index contributed by atoms with van der Waals surface area (Å²) in [5.74, 6) is 0. The van der Waals surface area contributed by atoms with Gasteiger partial charge in [-0.15, -0.1) is 66.5 Å². The van der Waals surface area contributed by atoms with Crippen LogP contribution < -0.4 is 0 Å². The van der Waals surface area contributed by atoms with Crippen LogP contribution in [0.4, 0.5) is 0 Å². The molecule has 0 aliphatic rings. The smallest absolute Gasteiger partial charge is 0.306 e. The lowest BCUT2D eigenvalue weighted by Crippen LogP contribution is -2.82. The molecule has 0 aromatic heterocycles. The molecule has 11 heteroatoms. The predicted molar refractivity (Wildman–Crippen MR) is 117 cm³/mol. The summed E-state index contributed by atoms with van der Waals surface area (Å²) in [6.45, 7) is 13.1. The van der Waals surface area contributed by atoms with Gasteiger partial charge in [0.25, 0.3) is 0 Å². The maximum atomic E-state index is 7.23. The summed E-state index contributed by atoms with van der Waals surface area (Å²) in [5, 5.41) is 0. The molecule has 2 nitrogen and oxygen atoms in total. The summed E-state index contributed by atoms with van der Waals surface area (Å²) >= 11 is 41.0. The van der Waals surface area contributed by atoms with Gasteiger partial charge in [-0.05, 0) is 24.2 Å². The molecule has 23 heavy (non-hydrogen) atoms. The predicted octanol–water partition coefficient (Wildman–Crippen LogP) is 6.13. The first-order valence-corrected chi connectivity index (χ1v) is 21.7. The Balaban J connectivity index is 6.48. The highest BCUT2D eigenvalue weighted by Crippen LogP contribution is 2.49. The van der Waals surface area contributed by atoms with Crippen LogP contribution in [0.15, 0.2) is 0 Å². The van der Waals surface area contributed by atoms with Crippen molar-refractivity contribution in [2.24, 2.45) is 0 Å². The van der Waals surface area contributed by atoms with Gasteiger partial charge in [-0.1, -0.05) is 55.4 Å². The largest absolute Gasteiger partial charge is 0.359 e. The third kappa shape index (κ3) is 5.18. The number of hydrogen-bond donors (Lipinski definition) is 0. The fourth-order valence-electron chi connectivity index (χ4n) is 3.20. The summed E-state index contributed by atoms with van der Waals surface area (Å²) in [7, 11) is 0. The van der Waals surface area contributed by atoms with E-state index in [0.717, 1.165) is 0 Å². The van der Waals surface area contributed by atoms with Crippen LogP contribution in [-0.2, 0) is 0 Å². The Bertz CT molecular complexity index is 373. The highest BCUT2D eigenvalue weighted by molar-refractivity contribution is 8.12. The minimum absolute atomic E-state index is 0.0906. The molecule has 1 atom stereocenters. The Morgan fingerprint density at radius 1 is 0.522 bits per heavy atom. The molecule has 0 saturated carbocycles. The number of halogens is 6. The number of hydrogen-bond acceptors (Lipinski definition) is 2. The van der Waals surface area contributed by atoms with Crippen molar-refractivity contribution in [3.8, 4) is 0 Å². The lowest BCUT2D eigenvalue weighted by atomic mass is 10.3. The molecule has 0 heterocycles. The van der Waals surface area contributed by atoms with E-state index in [0.29, 0.717) is 0 Å². The Morgan fingerprint density at radius 3 is 0.957 bits per heavy atom. The molecule has 0 aromatic carbocycles. The molecular weight excluding hydrogens is 469 g/mol. The standard InChI is InChI=1S/C12H28Cl6N2Si3/c1-9(2)19(10(3)4)22(16,17)23(18,21(13,14)15)20(11(5)6)12(7)8/h9-12H,1-8H3. The molecular formula is C12H28Cl6N2Si3. The van der Waals surface area contributed by atoms with Crippen molar-refractivity contribution in [3.63, 3.8) is 0 Å². The molecule has 0 fully saturated rings. The van der Waals surface area contributed by atoms with E-state index in [-0.39, 0.29) is 24.2 Å². The van der Waals surface area contributed by atoms with Gasteiger partial charge in [0, 0.05) is 0 Å².